The van der Waals surface area contributed by atoms with E-state index in [9.17, 15) is 9.59 Å². The topological polar surface area (TPSA) is 66.8 Å². The molecule has 1 rings (SSSR count). The van der Waals surface area contributed by atoms with Crippen molar-refractivity contribution in [2.75, 3.05) is 20.7 Å². The van der Waals surface area contributed by atoms with Crippen LogP contribution in [0, 0.1) is 3.57 Å². The second-order valence-corrected chi connectivity index (χ2v) is 5.23. The Morgan fingerprint density at radius 1 is 1.42 bits per heavy atom. The first-order valence-corrected chi connectivity index (χ1v) is 6.84. The highest BCUT2D eigenvalue weighted by Gasteiger charge is 2.15. The van der Waals surface area contributed by atoms with E-state index < -0.39 is 5.97 Å². The third kappa shape index (κ3) is 4.70. The van der Waals surface area contributed by atoms with Gasteiger partial charge < -0.3 is 14.7 Å². The van der Waals surface area contributed by atoms with Crippen LogP contribution in [-0.2, 0) is 4.79 Å². The van der Waals surface area contributed by atoms with Gasteiger partial charge in [-0.2, -0.15) is 0 Å². The SMILES string of the molecule is COc1ccc(C(=O)N(C)CCCC(=O)O)c(I)c1. The van der Waals surface area contributed by atoms with Crippen molar-refractivity contribution < 1.29 is 19.4 Å². The molecule has 0 aliphatic heterocycles. The standard InChI is InChI=1S/C13H16INO4/c1-15(7-3-4-12(16)17)13(18)10-6-5-9(19-2)8-11(10)14/h5-6,8H,3-4,7H2,1-2H3,(H,16,17). The molecule has 0 spiro atoms. The fraction of sp³-hybridized carbons (Fsp3) is 0.385. The summed E-state index contributed by atoms with van der Waals surface area (Å²) in [5, 5.41) is 8.57. The molecule has 19 heavy (non-hydrogen) atoms. The number of amides is 1. The Labute approximate surface area is 125 Å². The Morgan fingerprint density at radius 2 is 2.11 bits per heavy atom. The molecule has 0 aliphatic rings. The van der Waals surface area contributed by atoms with Gasteiger partial charge in [-0.1, -0.05) is 0 Å². The summed E-state index contributed by atoms with van der Waals surface area (Å²) in [5.74, 6) is -0.258. The summed E-state index contributed by atoms with van der Waals surface area (Å²) >= 11 is 2.08. The zero-order valence-electron chi connectivity index (χ0n) is 10.9. The molecule has 0 heterocycles. The van der Waals surface area contributed by atoms with Crippen LogP contribution in [0.15, 0.2) is 18.2 Å². The van der Waals surface area contributed by atoms with E-state index in [0.717, 1.165) is 3.57 Å². The van der Waals surface area contributed by atoms with Gasteiger partial charge in [-0.3, -0.25) is 9.59 Å². The summed E-state index contributed by atoms with van der Waals surface area (Å²) in [5.41, 5.74) is 0.597. The van der Waals surface area contributed by atoms with Crippen LogP contribution in [0.3, 0.4) is 0 Å². The van der Waals surface area contributed by atoms with E-state index in [2.05, 4.69) is 22.6 Å². The Hall–Kier alpha value is -1.31. The predicted octanol–water partition coefficient (Wildman–Crippen LogP) is 2.24. The monoisotopic (exact) mass is 377 g/mol. The summed E-state index contributed by atoms with van der Waals surface area (Å²) in [4.78, 5) is 24.1. The summed E-state index contributed by atoms with van der Waals surface area (Å²) in [7, 11) is 3.25. The number of carboxylic acid groups (broad SMARTS) is 1. The molecule has 0 aliphatic carbocycles. The third-order valence-corrected chi connectivity index (χ3v) is 3.53. The van der Waals surface area contributed by atoms with Crippen molar-refractivity contribution in [3.05, 3.63) is 27.3 Å². The summed E-state index contributed by atoms with van der Waals surface area (Å²) < 4.78 is 5.90. The number of methoxy groups -OCH3 is 1. The highest BCUT2D eigenvalue weighted by Crippen LogP contribution is 2.20. The molecule has 0 aromatic heterocycles. The van der Waals surface area contributed by atoms with Gasteiger partial charge in [0.2, 0.25) is 0 Å². The van der Waals surface area contributed by atoms with Crippen LogP contribution in [0.5, 0.6) is 5.75 Å². The Bertz CT molecular complexity index is 476. The summed E-state index contributed by atoms with van der Waals surface area (Å²) in [6.45, 7) is 0.424. The van der Waals surface area contributed by atoms with E-state index in [0.29, 0.717) is 24.3 Å². The number of rotatable bonds is 6. The highest BCUT2D eigenvalue weighted by molar-refractivity contribution is 14.1. The van der Waals surface area contributed by atoms with Crippen molar-refractivity contribution in [1.29, 1.82) is 0 Å². The van der Waals surface area contributed by atoms with Gasteiger partial charge in [0.25, 0.3) is 5.91 Å². The van der Waals surface area contributed by atoms with Crippen molar-refractivity contribution in [3.8, 4) is 5.75 Å². The normalized spacial score (nSPS) is 10.1. The van der Waals surface area contributed by atoms with Crippen molar-refractivity contribution in [2.45, 2.75) is 12.8 Å². The Kier molecular flexibility index (Phi) is 6.07. The number of hydrogen-bond donors (Lipinski definition) is 1. The molecule has 0 radical (unpaired) electrons. The lowest BCUT2D eigenvalue weighted by atomic mass is 10.2. The van der Waals surface area contributed by atoms with Crippen molar-refractivity contribution in [1.82, 2.24) is 4.90 Å². The van der Waals surface area contributed by atoms with E-state index in [1.807, 2.05) is 0 Å². The van der Waals surface area contributed by atoms with Crippen LogP contribution in [0.25, 0.3) is 0 Å². The molecule has 1 amide bonds. The maximum atomic E-state index is 12.2. The number of carbonyl (C=O) groups excluding carboxylic acids is 1. The number of hydrogen-bond acceptors (Lipinski definition) is 3. The maximum absolute atomic E-state index is 12.2. The number of ether oxygens (including phenoxy) is 1. The van der Waals surface area contributed by atoms with E-state index >= 15 is 0 Å². The van der Waals surface area contributed by atoms with Gasteiger partial charge in [-0.15, -0.1) is 0 Å². The average Bonchev–Trinajstić information content (AvgIpc) is 2.37. The average molecular weight is 377 g/mol. The second-order valence-electron chi connectivity index (χ2n) is 4.07. The third-order valence-electron chi connectivity index (χ3n) is 2.64. The molecule has 6 heteroatoms. The van der Waals surface area contributed by atoms with E-state index in [4.69, 9.17) is 9.84 Å². The van der Waals surface area contributed by atoms with Crippen LogP contribution in [0.4, 0.5) is 0 Å². The van der Waals surface area contributed by atoms with Crippen LogP contribution >= 0.6 is 22.6 Å². The number of aliphatic carboxylic acids is 1. The molecule has 5 nitrogen and oxygen atoms in total. The first-order chi connectivity index (χ1) is 8.95. The predicted molar refractivity (Wildman–Crippen MR) is 79.5 cm³/mol. The summed E-state index contributed by atoms with van der Waals surface area (Å²) in [6.07, 6.45) is 0.516. The van der Waals surface area contributed by atoms with Crippen molar-refractivity contribution >= 4 is 34.5 Å². The van der Waals surface area contributed by atoms with Gasteiger partial charge in [0.15, 0.2) is 0 Å². The fourth-order valence-electron chi connectivity index (χ4n) is 1.57. The number of carbonyl (C=O) groups is 2. The zero-order chi connectivity index (χ0) is 14.4. The molecule has 1 N–H and O–H groups in total. The lowest BCUT2D eigenvalue weighted by Crippen LogP contribution is -2.28. The molecule has 0 fully saturated rings. The fourth-order valence-corrected chi connectivity index (χ4v) is 2.29. The van der Waals surface area contributed by atoms with Gasteiger partial charge in [-0.25, -0.2) is 0 Å². The van der Waals surface area contributed by atoms with Gasteiger partial charge in [0.1, 0.15) is 5.75 Å². The largest absolute Gasteiger partial charge is 0.497 e. The quantitative estimate of drug-likeness (QED) is 0.773. The van der Waals surface area contributed by atoms with E-state index in [1.54, 1.807) is 32.4 Å². The minimum Gasteiger partial charge on any atom is -0.497 e. The number of nitrogens with zero attached hydrogens (tertiary/aromatic N) is 1. The lowest BCUT2D eigenvalue weighted by Gasteiger charge is -2.17. The highest BCUT2D eigenvalue weighted by atomic mass is 127. The molecule has 0 unspecified atom stereocenters. The van der Waals surface area contributed by atoms with E-state index in [1.165, 1.54) is 4.90 Å². The Morgan fingerprint density at radius 3 is 2.63 bits per heavy atom. The second kappa shape index (κ2) is 7.32. The van der Waals surface area contributed by atoms with Gasteiger partial charge in [-0.05, 0) is 47.2 Å². The molecule has 0 saturated heterocycles. The van der Waals surface area contributed by atoms with Crippen LogP contribution < -0.4 is 4.74 Å². The summed E-state index contributed by atoms with van der Waals surface area (Å²) in [6, 6.07) is 5.25. The smallest absolute Gasteiger partial charge is 0.303 e. The molecule has 0 saturated carbocycles. The molecular weight excluding hydrogens is 361 g/mol. The van der Waals surface area contributed by atoms with Crippen molar-refractivity contribution in [3.63, 3.8) is 0 Å². The van der Waals surface area contributed by atoms with Crippen LogP contribution in [0.2, 0.25) is 0 Å². The maximum Gasteiger partial charge on any atom is 0.303 e. The van der Waals surface area contributed by atoms with Crippen molar-refractivity contribution in [2.24, 2.45) is 0 Å². The molecule has 0 atom stereocenters. The number of benzene rings is 1. The first kappa shape index (κ1) is 15.7. The van der Waals surface area contributed by atoms with Gasteiger partial charge in [0.05, 0.1) is 12.7 Å². The minimum absolute atomic E-state index is 0.0668. The van der Waals surface area contributed by atoms with Gasteiger partial charge in [0, 0.05) is 23.6 Å². The minimum atomic E-state index is -0.847. The molecule has 1 aromatic rings. The first-order valence-electron chi connectivity index (χ1n) is 5.76. The molecule has 1 aromatic carbocycles. The zero-order valence-corrected chi connectivity index (χ0v) is 13.0. The molecular formula is C13H16INO4. The van der Waals surface area contributed by atoms with Gasteiger partial charge >= 0.3 is 5.97 Å². The van der Waals surface area contributed by atoms with Crippen LogP contribution in [-0.4, -0.2) is 42.6 Å². The molecule has 0 bridgehead atoms. The van der Waals surface area contributed by atoms with E-state index in [-0.39, 0.29) is 12.3 Å². The number of carboxylic acids is 1. The Balaban J connectivity index is 2.68. The number of halogens is 1. The van der Waals surface area contributed by atoms with Crippen LogP contribution in [0.1, 0.15) is 23.2 Å². The molecule has 104 valence electrons. The lowest BCUT2D eigenvalue weighted by molar-refractivity contribution is -0.137.